The summed E-state index contributed by atoms with van der Waals surface area (Å²) in [5.41, 5.74) is 0. The first-order valence-electron chi connectivity index (χ1n) is 6.13. The highest BCUT2D eigenvalue weighted by Crippen LogP contribution is 2.31. The van der Waals surface area contributed by atoms with Crippen molar-refractivity contribution >= 4 is 23.6 Å². The van der Waals surface area contributed by atoms with Crippen molar-refractivity contribution in [2.45, 2.75) is 32.1 Å². The van der Waals surface area contributed by atoms with Crippen molar-refractivity contribution in [1.29, 1.82) is 5.26 Å². The van der Waals surface area contributed by atoms with Gasteiger partial charge in [-0.2, -0.15) is 5.26 Å². The van der Waals surface area contributed by atoms with Crippen molar-refractivity contribution in [2.75, 3.05) is 18.9 Å². The molecule has 18 heavy (non-hydrogen) atoms. The fourth-order valence-corrected chi connectivity index (χ4v) is 3.04. The molecule has 2 atom stereocenters. The van der Waals surface area contributed by atoms with Crippen molar-refractivity contribution in [1.82, 2.24) is 4.90 Å². The lowest BCUT2D eigenvalue weighted by Gasteiger charge is -2.25. The van der Waals surface area contributed by atoms with Gasteiger partial charge in [0.2, 0.25) is 5.91 Å². The van der Waals surface area contributed by atoms with Crippen LogP contribution in [-0.2, 0) is 14.3 Å². The van der Waals surface area contributed by atoms with Gasteiger partial charge in [-0.3, -0.25) is 9.59 Å². The maximum Gasteiger partial charge on any atom is 0.326 e. The van der Waals surface area contributed by atoms with Crippen LogP contribution in [0, 0.1) is 17.2 Å². The molecule has 100 valence electrons. The first-order chi connectivity index (χ1) is 8.65. The van der Waals surface area contributed by atoms with E-state index in [9.17, 15) is 9.59 Å². The van der Waals surface area contributed by atoms with Crippen molar-refractivity contribution in [3.8, 4) is 6.07 Å². The molecule has 0 N–H and O–H groups in total. The maximum atomic E-state index is 11.7. The molecule has 0 aliphatic carbocycles. The minimum Gasteiger partial charge on any atom is -0.465 e. The van der Waals surface area contributed by atoms with Crippen LogP contribution in [0.3, 0.4) is 0 Å². The predicted octanol–water partition coefficient (Wildman–Crippen LogP) is 1.39. The smallest absolute Gasteiger partial charge is 0.326 e. The summed E-state index contributed by atoms with van der Waals surface area (Å²) in [4.78, 5) is 25.1. The Hall–Kier alpha value is -1.22. The number of unbranched alkanes of at least 4 members (excludes halogenated alkanes) is 1. The fourth-order valence-electron chi connectivity index (χ4n) is 1.79. The minimum atomic E-state index is -0.891. The van der Waals surface area contributed by atoms with E-state index < -0.39 is 17.3 Å². The maximum absolute atomic E-state index is 11.7. The van der Waals surface area contributed by atoms with Crippen LogP contribution >= 0.6 is 11.8 Å². The van der Waals surface area contributed by atoms with E-state index >= 15 is 0 Å². The summed E-state index contributed by atoms with van der Waals surface area (Å²) in [6.45, 7) is 4.59. The van der Waals surface area contributed by atoms with E-state index in [0.29, 0.717) is 12.3 Å². The Morgan fingerprint density at radius 1 is 1.67 bits per heavy atom. The third-order valence-corrected chi connectivity index (χ3v) is 4.00. The lowest BCUT2D eigenvalue weighted by atomic mass is 10.1. The number of esters is 1. The van der Waals surface area contributed by atoms with Gasteiger partial charge in [0, 0.05) is 6.54 Å². The minimum absolute atomic E-state index is 0.00278. The van der Waals surface area contributed by atoms with Crippen molar-refractivity contribution < 1.29 is 14.3 Å². The van der Waals surface area contributed by atoms with E-state index in [0.717, 1.165) is 12.8 Å². The average Bonchev–Trinajstić information content (AvgIpc) is 2.70. The second-order valence-electron chi connectivity index (χ2n) is 4.00. The number of hydrogen-bond acceptors (Lipinski definition) is 5. The SMILES string of the molecule is CCCCN1C(=O)CSC1C(C#N)C(=O)OCC. The summed E-state index contributed by atoms with van der Waals surface area (Å²) in [6.07, 6.45) is 1.85. The number of thioether (sulfide) groups is 1. The highest BCUT2D eigenvalue weighted by Gasteiger charge is 2.41. The lowest BCUT2D eigenvalue weighted by Crippen LogP contribution is -2.41. The molecule has 0 aromatic rings. The zero-order valence-electron chi connectivity index (χ0n) is 10.7. The summed E-state index contributed by atoms with van der Waals surface area (Å²) in [5.74, 6) is -1.08. The molecule has 1 aliphatic heterocycles. The fraction of sp³-hybridized carbons (Fsp3) is 0.750. The first kappa shape index (κ1) is 14.8. The van der Waals surface area contributed by atoms with Crippen LogP contribution < -0.4 is 0 Å². The number of amides is 1. The van der Waals surface area contributed by atoms with Gasteiger partial charge < -0.3 is 9.64 Å². The second kappa shape index (κ2) is 7.27. The highest BCUT2D eigenvalue weighted by atomic mass is 32.2. The Balaban J connectivity index is 2.75. The van der Waals surface area contributed by atoms with Crippen molar-refractivity contribution in [3.05, 3.63) is 0 Å². The van der Waals surface area contributed by atoms with E-state index in [1.165, 1.54) is 11.8 Å². The molecule has 0 bridgehead atoms. The summed E-state index contributed by atoms with van der Waals surface area (Å²) in [7, 11) is 0. The summed E-state index contributed by atoms with van der Waals surface area (Å²) >= 11 is 1.35. The molecule has 0 saturated carbocycles. The van der Waals surface area contributed by atoms with Gasteiger partial charge in [0.1, 0.15) is 5.37 Å². The van der Waals surface area contributed by atoms with E-state index in [1.54, 1.807) is 11.8 Å². The molecule has 1 rings (SSSR count). The van der Waals surface area contributed by atoms with Gasteiger partial charge in [-0.05, 0) is 13.3 Å². The van der Waals surface area contributed by atoms with Gasteiger partial charge in [-0.25, -0.2) is 0 Å². The number of carbonyl (C=O) groups is 2. The van der Waals surface area contributed by atoms with E-state index in [1.807, 2.05) is 13.0 Å². The van der Waals surface area contributed by atoms with Crippen LogP contribution in [0.25, 0.3) is 0 Å². The quantitative estimate of drug-likeness (QED) is 0.682. The summed E-state index contributed by atoms with van der Waals surface area (Å²) in [5, 5.41) is 8.72. The van der Waals surface area contributed by atoms with E-state index in [2.05, 4.69) is 0 Å². The Morgan fingerprint density at radius 2 is 2.39 bits per heavy atom. The molecular formula is C12H18N2O3S. The normalized spacial score (nSPS) is 20.6. The molecule has 6 heteroatoms. The number of rotatable bonds is 6. The molecular weight excluding hydrogens is 252 g/mol. The molecule has 1 heterocycles. The van der Waals surface area contributed by atoms with E-state index in [4.69, 9.17) is 10.00 Å². The highest BCUT2D eigenvalue weighted by molar-refractivity contribution is 8.01. The van der Waals surface area contributed by atoms with Crippen LogP contribution in [-0.4, -0.2) is 41.1 Å². The van der Waals surface area contributed by atoms with Crippen molar-refractivity contribution in [3.63, 3.8) is 0 Å². The van der Waals surface area contributed by atoms with Crippen LogP contribution in [0.15, 0.2) is 0 Å². The number of nitrogens with zero attached hydrogens (tertiary/aromatic N) is 2. The van der Waals surface area contributed by atoms with Gasteiger partial charge >= 0.3 is 5.97 Å². The monoisotopic (exact) mass is 270 g/mol. The molecule has 0 radical (unpaired) electrons. The largest absolute Gasteiger partial charge is 0.465 e. The molecule has 2 unspecified atom stereocenters. The molecule has 1 fully saturated rings. The number of nitriles is 1. The number of hydrogen-bond donors (Lipinski definition) is 0. The molecule has 1 saturated heterocycles. The van der Waals surface area contributed by atoms with Crippen LogP contribution in [0.5, 0.6) is 0 Å². The zero-order chi connectivity index (χ0) is 13.5. The van der Waals surface area contributed by atoms with Gasteiger partial charge in [-0.15, -0.1) is 11.8 Å². The van der Waals surface area contributed by atoms with Gasteiger partial charge in [0.25, 0.3) is 0 Å². The standard InChI is InChI=1S/C12H18N2O3S/c1-3-5-6-14-10(15)8-18-11(14)9(7-13)12(16)17-4-2/h9,11H,3-6,8H2,1-2H3. The zero-order valence-corrected chi connectivity index (χ0v) is 11.5. The molecule has 0 aromatic heterocycles. The van der Waals surface area contributed by atoms with Crippen LogP contribution in [0.1, 0.15) is 26.7 Å². The third kappa shape index (κ3) is 3.39. The van der Waals surface area contributed by atoms with Crippen LogP contribution in [0.4, 0.5) is 0 Å². The Bertz CT molecular complexity index is 354. The predicted molar refractivity (Wildman–Crippen MR) is 68.6 cm³/mol. The van der Waals surface area contributed by atoms with Crippen LogP contribution in [0.2, 0.25) is 0 Å². The van der Waals surface area contributed by atoms with Gasteiger partial charge in [-0.1, -0.05) is 13.3 Å². The average molecular weight is 270 g/mol. The molecule has 0 aromatic carbocycles. The molecule has 0 spiro atoms. The van der Waals surface area contributed by atoms with Gasteiger partial charge in [0.05, 0.1) is 18.4 Å². The molecule has 1 aliphatic rings. The number of ether oxygens (including phenoxy) is 1. The topological polar surface area (TPSA) is 70.4 Å². The third-order valence-electron chi connectivity index (χ3n) is 2.72. The second-order valence-corrected chi connectivity index (χ2v) is 5.11. The summed E-state index contributed by atoms with van der Waals surface area (Å²) < 4.78 is 4.88. The lowest BCUT2D eigenvalue weighted by molar-refractivity contribution is -0.147. The van der Waals surface area contributed by atoms with Gasteiger partial charge in [0.15, 0.2) is 5.92 Å². The Morgan fingerprint density at radius 3 is 2.94 bits per heavy atom. The number of carbonyl (C=O) groups excluding carboxylic acids is 2. The molecule has 1 amide bonds. The Labute approximate surface area is 111 Å². The Kier molecular flexibility index (Phi) is 5.99. The van der Waals surface area contributed by atoms with E-state index in [-0.39, 0.29) is 12.5 Å². The summed E-state index contributed by atoms with van der Waals surface area (Å²) in [6, 6.07) is 1.97. The first-order valence-corrected chi connectivity index (χ1v) is 7.17. The molecule has 5 nitrogen and oxygen atoms in total. The van der Waals surface area contributed by atoms with Crippen molar-refractivity contribution in [2.24, 2.45) is 5.92 Å².